The van der Waals surface area contributed by atoms with Crippen LogP contribution in [-0.4, -0.2) is 23.2 Å². The minimum atomic E-state index is -0.0374. The third kappa shape index (κ3) is 3.66. The number of aromatic nitrogens is 2. The second kappa shape index (κ2) is 5.45. The number of ether oxygens (including phenoxy) is 1. The summed E-state index contributed by atoms with van der Waals surface area (Å²) in [5.41, 5.74) is 0.863. The highest BCUT2D eigenvalue weighted by atomic mass is 16.5. The number of nitrogens with one attached hydrogen (secondary N) is 1. The molecule has 94 valence electrons. The topological polar surface area (TPSA) is 55.0 Å². The molecule has 2 rings (SSSR count). The lowest BCUT2D eigenvalue weighted by atomic mass is 10.0. The first kappa shape index (κ1) is 12.3. The number of aromatic amines is 1. The molecule has 2 heterocycles. The normalized spacial score (nSPS) is 20.1. The quantitative estimate of drug-likeness (QED) is 0.863. The molecule has 0 spiro atoms. The van der Waals surface area contributed by atoms with Crippen molar-refractivity contribution >= 4 is 0 Å². The Hall–Kier alpha value is -1.16. The van der Waals surface area contributed by atoms with E-state index in [9.17, 15) is 4.79 Å². The second-order valence-corrected chi connectivity index (χ2v) is 5.22. The van der Waals surface area contributed by atoms with Crippen molar-refractivity contribution in [2.75, 3.05) is 13.2 Å². The molecule has 0 aliphatic carbocycles. The zero-order valence-corrected chi connectivity index (χ0v) is 10.5. The van der Waals surface area contributed by atoms with Crippen LogP contribution in [0.2, 0.25) is 0 Å². The molecule has 17 heavy (non-hydrogen) atoms. The first-order valence-corrected chi connectivity index (χ1v) is 6.30. The van der Waals surface area contributed by atoms with Crippen molar-refractivity contribution in [1.82, 2.24) is 9.97 Å². The summed E-state index contributed by atoms with van der Waals surface area (Å²) in [5.74, 6) is 1.84. The number of hydrogen-bond acceptors (Lipinski definition) is 3. The summed E-state index contributed by atoms with van der Waals surface area (Å²) >= 11 is 0. The van der Waals surface area contributed by atoms with Gasteiger partial charge in [0.1, 0.15) is 5.82 Å². The average molecular weight is 236 g/mol. The van der Waals surface area contributed by atoms with E-state index in [2.05, 4.69) is 23.8 Å². The Morgan fingerprint density at radius 1 is 1.59 bits per heavy atom. The first-order chi connectivity index (χ1) is 8.13. The van der Waals surface area contributed by atoms with Crippen molar-refractivity contribution in [2.24, 2.45) is 11.8 Å². The van der Waals surface area contributed by atoms with E-state index in [0.29, 0.717) is 11.8 Å². The highest BCUT2D eigenvalue weighted by Crippen LogP contribution is 2.16. The molecular formula is C13H20N2O2. The van der Waals surface area contributed by atoms with Crippen LogP contribution in [0.25, 0.3) is 0 Å². The van der Waals surface area contributed by atoms with Gasteiger partial charge in [-0.1, -0.05) is 13.8 Å². The van der Waals surface area contributed by atoms with Gasteiger partial charge in [0.2, 0.25) is 0 Å². The Bertz CT molecular complexity index is 420. The van der Waals surface area contributed by atoms with E-state index >= 15 is 0 Å². The summed E-state index contributed by atoms with van der Waals surface area (Å²) in [5, 5.41) is 0. The van der Waals surface area contributed by atoms with Crippen LogP contribution >= 0.6 is 0 Å². The van der Waals surface area contributed by atoms with E-state index in [-0.39, 0.29) is 5.56 Å². The summed E-state index contributed by atoms with van der Waals surface area (Å²) in [7, 11) is 0. The Morgan fingerprint density at radius 3 is 3.06 bits per heavy atom. The van der Waals surface area contributed by atoms with Crippen LogP contribution in [0.3, 0.4) is 0 Å². The number of hydrogen-bond donors (Lipinski definition) is 1. The average Bonchev–Trinajstić information content (AvgIpc) is 2.67. The van der Waals surface area contributed by atoms with E-state index in [4.69, 9.17) is 4.74 Å². The summed E-state index contributed by atoms with van der Waals surface area (Å²) in [6.07, 6.45) is 2.75. The zero-order valence-electron chi connectivity index (χ0n) is 10.5. The number of nitrogens with zero attached hydrogens (tertiary/aromatic N) is 1. The van der Waals surface area contributed by atoms with Crippen LogP contribution in [0.15, 0.2) is 10.9 Å². The van der Waals surface area contributed by atoms with Crippen molar-refractivity contribution in [1.29, 1.82) is 0 Å². The van der Waals surface area contributed by atoms with Gasteiger partial charge in [0, 0.05) is 31.4 Å². The number of H-pyrrole nitrogens is 1. The molecule has 1 saturated heterocycles. The smallest absolute Gasteiger partial charge is 0.251 e. The lowest BCUT2D eigenvalue weighted by molar-refractivity contribution is 0.185. The van der Waals surface area contributed by atoms with E-state index in [1.807, 2.05) is 0 Å². The molecule has 0 bridgehead atoms. The van der Waals surface area contributed by atoms with Crippen LogP contribution in [0.4, 0.5) is 0 Å². The molecule has 1 fully saturated rings. The van der Waals surface area contributed by atoms with Crippen LogP contribution in [0.5, 0.6) is 0 Å². The first-order valence-electron chi connectivity index (χ1n) is 6.30. The Balaban J connectivity index is 2.10. The molecule has 1 aromatic heterocycles. The highest BCUT2D eigenvalue weighted by Gasteiger charge is 2.17. The monoisotopic (exact) mass is 236 g/mol. The van der Waals surface area contributed by atoms with Crippen molar-refractivity contribution in [3.63, 3.8) is 0 Å². The van der Waals surface area contributed by atoms with Crippen molar-refractivity contribution in [2.45, 2.75) is 33.1 Å². The highest BCUT2D eigenvalue weighted by molar-refractivity contribution is 5.04. The molecule has 1 aliphatic rings. The molecule has 1 unspecified atom stereocenters. The maximum absolute atomic E-state index is 11.5. The summed E-state index contributed by atoms with van der Waals surface area (Å²) in [4.78, 5) is 18.9. The fourth-order valence-corrected chi connectivity index (χ4v) is 2.20. The number of rotatable bonds is 4. The largest absolute Gasteiger partial charge is 0.381 e. The third-order valence-corrected chi connectivity index (χ3v) is 2.97. The molecule has 4 heteroatoms. The maximum Gasteiger partial charge on any atom is 0.251 e. The Morgan fingerprint density at radius 2 is 2.41 bits per heavy atom. The summed E-state index contributed by atoms with van der Waals surface area (Å²) < 4.78 is 5.33. The lowest BCUT2D eigenvalue weighted by Gasteiger charge is -2.09. The third-order valence-electron chi connectivity index (χ3n) is 2.97. The van der Waals surface area contributed by atoms with Gasteiger partial charge in [0.25, 0.3) is 5.56 Å². The second-order valence-electron chi connectivity index (χ2n) is 5.22. The lowest BCUT2D eigenvalue weighted by Crippen LogP contribution is -2.16. The Labute approximate surface area is 101 Å². The van der Waals surface area contributed by atoms with E-state index in [1.165, 1.54) is 0 Å². The van der Waals surface area contributed by atoms with Gasteiger partial charge in [-0.25, -0.2) is 4.98 Å². The molecule has 0 amide bonds. The van der Waals surface area contributed by atoms with Gasteiger partial charge < -0.3 is 9.72 Å². The predicted octanol–water partition coefficient (Wildman–Crippen LogP) is 1.55. The van der Waals surface area contributed by atoms with Crippen molar-refractivity contribution < 1.29 is 4.74 Å². The molecule has 0 saturated carbocycles. The molecule has 0 aromatic carbocycles. The molecule has 1 aliphatic heterocycles. The van der Waals surface area contributed by atoms with E-state index in [0.717, 1.165) is 44.0 Å². The van der Waals surface area contributed by atoms with E-state index in [1.54, 1.807) is 6.07 Å². The predicted molar refractivity (Wildman–Crippen MR) is 66.0 cm³/mol. The fraction of sp³-hybridized carbons (Fsp3) is 0.692. The molecular weight excluding hydrogens is 216 g/mol. The standard InChI is InChI=1S/C13H20N2O2/c1-9(2)5-11-7-13(16)15-12(14-11)6-10-3-4-17-8-10/h7,9-10H,3-6,8H2,1-2H3,(H,14,15,16). The summed E-state index contributed by atoms with van der Waals surface area (Å²) in [6, 6.07) is 1.61. The molecule has 1 N–H and O–H groups in total. The van der Waals surface area contributed by atoms with Gasteiger partial charge in [-0.2, -0.15) is 0 Å². The fourth-order valence-electron chi connectivity index (χ4n) is 2.20. The van der Waals surface area contributed by atoms with Gasteiger partial charge in [-0.3, -0.25) is 4.79 Å². The van der Waals surface area contributed by atoms with Crippen LogP contribution < -0.4 is 5.56 Å². The molecule has 1 aromatic rings. The van der Waals surface area contributed by atoms with Crippen LogP contribution in [-0.2, 0) is 17.6 Å². The Kier molecular flexibility index (Phi) is 3.94. The van der Waals surface area contributed by atoms with Gasteiger partial charge in [-0.05, 0) is 24.7 Å². The van der Waals surface area contributed by atoms with Crippen molar-refractivity contribution in [3.05, 3.63) is 27.9 Å². The van der Waals surface area contributed by atoms with Gasteiger partial charge in [0.15, 0.2) is 0 Å². The van der Waals surface area contributed by atoms with Crippen molar-refractivity contribution in [3.8, 4) is 0 Å². The minimum Gasteiger partial charge on any atom is -0.381 e. The van der Waals surface area contributed by atoms with Gasteiger partial charge >= 0.3 is 0 Å². The molecule has 4 nitrogen and oxygen atoms in total. The molecule has 0 radical (unpaired) electrons. The van der Waals surface area contributed by atoms with Gasteiger partial charge in [0.05, 0.1) is 0 Å². The molecule has 1 atom stereocenters. The maximum atomic E-state index is 11.5. The minimum absolute atomic E-state index is 0.0374. The van der Waals surface area contributed by atoms with Crippen LogP contribution in [0.1, 0.15) is 31.8 Å². The zero-order chi connectivity index (χ0) is 12.3. The summed E-state index contributed by atoms with van der Waals surface area (Å²) in [6.45, 7) is 5.89. The SMILES string of the molecule is CC(C)Cc1cc(=O)[nH]c(CC2CCOC2)n1. The van der Waals surface area contributed by atoms with Crippen LogP contribution in [0, 0.1) is 11.8 Å². The van der Waals surface area contributed by atoms with E-state index < -0.39 is 0 Å². The van der Waals surface area contributed by atoms with Gasteiger partial charge in [-0.15, -0.1) is 0 Å².